The Labute approximate surface area is 136 Å². The molecule has 1 N–H and O–H groups in total. The van der Waals surface area contributed by atoms with Gasteiger partial charge in [0.2, 0.25) is 0 Å². The Hall–Kier alpha value is -1.49. The molecule has 4 aliphatic heterocycles. The van der Waals surface area contributed by atoms with Crippen LogP contribution < -0.4 is 0 Å². The van der Waals surface area contributed by atoms with Gasteiger partial charge < -0.3 is 5.11 Å². The van der Waals surface area contributed by atoms with E-state index in [1.165, 1.54) is 5.39 Å². The molecule has 0 saturated carbocycles. The molecule has 0 unspecified atom stereocenters. The minimum Gasteiger partial charge on any atom is -0.392 e. The summed E-state index contributed by atoms with van der Waals surface area (Å²) >= 11 is 0. The minimum absolute atomic E-state index is 0.0153. The fraction of sp³-hybridized carbons (Fsp3) is 0.526. The summed E-state index contributed by atoms with van der Waals surface area (Å²) in [4.78, 5) is 9.99. The lowest BCUT2D eigenvalue weighted by molar-refractivity contribution is -0.254. The number of para-hydroxylation sites is 1. The van der Waals surface area contributed by atoms with Gasteiger partial charge in [0, 0.05) is 42.4 Å². The van der Waals surface area contributed by atoms with E-state index >= 15 is 0 Å². The third kappa shape index (κ3) is 1.80. The third-order valence-corrected chi connectivity index (χ3v) is 6.15. The van der Waals surface area contributed by atoms with Crippen LogP contribution in [0.25, 0.3) is 10.9 Å². The van der Waals surface area contributed by atoms with Crippen molar-refractivity contribution in [3.8, 4) is 0 Å². The van der Waals surface area contributed by atoms with Crippen LogP contribution in [0.5, 0.6) is 0 Å². The van der Waals surface area contributed by atoms with Gasteiger partial charge in [-0.1, -0.05) is 38.1 Å². The zero-order chi connectivity index (χ0) is 15.8. The lowest BCUT2D eigenvalue weighted by Crippen LogP contribution is -2.76. The van der Waals surface area contributed by atoms with E-state index < -0.39 is 0 Å². The highest BCUT2D eigenvalue weighted by molar-refractivity contribution is 5.78. The van der Waals surface area contributed by atoms with Gasteiger partial charge in [0.15, 0.2) is 0 Å². The lowest BCUT2D eigenvalue weighted by atomic mass is 9.60. The number of hydrogen-bond donors (Lipinski definition) is 1. The second kappa shape index (κ2) is 4.32. The summed E-state index contributed by atoms with van der Waals surface area (Å²) in [6.45, 7) is 8.30. The highest BCUT2D eigenvalue weighted by atomic mass is 16.3. The van der Waals surface area contributed by atoms with Gasteiger partial charge in [0.1, 0.15) is 6.17 Å². The Morgan fingerprint density at radius 2 is 1.57 bits per heavy atom. The Balaban J connectivity index is 1.57. The van der Waals surface area contributed by atoms with E-state index in [1.54, 1.807) is 0 Å². The maximum absolute atomic E-state index is 10.8. The van der Waals surface area contributed by atoms with Crippen LogP contribution in [0.15, 0.2) is 36.4 Å². The highest BCUT2D eigenvalue weighted by Gasteiger charge is 2.62. The fourth-order valence-electron chi connectivity index (χ4n) is 5.43. The number of aliphatic hydroxyl groups excluding tert-OH is 1. The Morgan fingerprint density at radius 3 is 2.22 bits per heavy atom. The van der Waals surface area contributed by atoms with Crippen LogP contribution in [-0.4, -0.2) is 52.2 Å². The predicted molar refractivity (Wildman–Crippen MR) is 89.9 cm³/mol. The first-order valence-corrected chi connectivity index (χ1v) is 8.50. The van der Waals surface area contributed by atoms with E-state index in [-0.39, 0.29) is 23.1 Å². The molecule has 6 rings (SSSR count). The summed E-state index contributed by atoms with van der Waals surface area (Å²) in [5, 5.41) is 12.0. The maximum Gasteiger partial charge on any atom is 0.106 e. The summed E-state index contributed by atoms with van der Waals surface area (Å²) in [5.74, 6) is 0. The molecule has 1 aromatic heterocycles. The van der Waals surface area contributed by atoms with Crippen molar-refractivity contribution in [2.75, 3.05) is 26.2 Å². The second-order valence-electron chi connectivity index (χ2n) is 8.32. The zero-order valence-corrected chi connectivity index (χ0v) is 13.7. The van der Waals surface area contributed by atoms with Crippen molar-refractivity contribution in [2.45, 2.75) is 26.1 Å². The summed E-state index contributed by atoms with van der Waals surface area (Å²) in [6.07, 6.45) is 0.0567. The van der Waals surface area contributed by atoms with Crippen LogP contribution in [0, 0.1) is 10.8 Å². The van der Waals surface area contributed by atoms with Crippen LogP contribution in [-0.2, 0) is 0 Å². The monoisotopic (exact) mass is 309 g/mol. The van der Waals surface area contributed by atoms with Crippen molar-refractivity contribution in [1.29, 1.82) is 0 Å². The molecule has 4 saturated heterocycles. The van der Waals surface area contributed by atoms with Gasteiger partial charge >= 0.3 is 0 Å². The van der Waals surface area contributed by atoms with Gasteiger partial charge in [0.05, 0.1) is 17.3 Å². The Bertz CT molecular complexity index is 751. The van der Waals surface area contributed by atoms with Gasteiger partial charge in [-0.3, -0.25) is 9.80 Å². The number of benzene rings is 1. The normalized spacial score (nSPS) is 44.8. The lowest BCUT2D eigenvalue weighted by Gasteiger charge is -2.68. The maximum atomic E-state index is 10.8. The van der Waals surface area contributed by atoms with Crippen molar-refractivity contribution in [3.63, 3.8) is 0 Å². The molecule has 0 spiro atoms. The minimum atomic E-state index is -0.201. The van der Waals surface area contributed by atoms with E-state index in [1.807, 2.05) is 0 Å². The van der Waals surface area contributed by atoms with E-state index in [2.05, 4.69) is 60.0 Å². The van der Waals surface area contributed by atoms with Crippen LogP contribution in [0.4, 0.5) is 0 Å². The first-order chi connectivity index (χ1) is 11.0. The molecule has 4 nitrogen and oxygen atoms in total. The number of fused-ring (bicyclic) bond motifs is 1. The van der Waals surface area contributed by atoms with Gasteiger partial charge in [-0.15, -0.1) is 0 Å². The quantitative estimate of drug-likeness (QED) is 0.877. The van der Waals surface area contributed by atoms with Crippen molar-refractivity contribution >= 4 is 10.9 Å². The fourth-order valence-corrected chi connectivity index (χ4v) is 5.43. The van der Waals surface area contributed by atoms with Gasteiger partial charge in [-0.25, -0.2) is 4.98 Å². The molecule has 4 fully saturated rings. The molecule has 23 heavy (non-hydrogen) atoms. The average Bonchev–Trinajstić information content (AvgIpc) is 2.51. The third-order valence-electron chi connectivity index (χ3n) is 6.15. The highest BCUT2D eigenvalue weighted by Crippen LogP contribution is 2.54. The molecule has 4 heteroatoms. The average molecular weight is 309 g/mol. The second-order valence-corrected chi connectivity index (χ2v) is 8.32. The molecule has 120 valence electrons. The number of pyridine rings is 1. The van der Waals surface area contributed by atoms with E-state index in [0.29, 0.717) is 0 Å². The molecular formula is C19H23N3O. The molecule has 5 heterocycles. The summed E-state index contributed by atoms with van der Waals surface area (Å²) < 4.78 is 0. The standard InChI is InChI=1S/C19H23N3O/c1-18-9-21-11-19(2,17(18)23)12-22(10-18)16(21)15-8-7-13-5-3-4-6-14(13)20-15/h3-8,16-17,23H,9-12H2,1-2H3. The number of aromatic nitrogens is 1. The number of aliphatic hydroxyl groups is 1. The number of rotatable bonds is 1. The van der Waals surface area contributed by atoms with E-state index in [9.17, 15) is 5.11 Å². The van der Waals surface area contributed by atoms with Gasteiger partial charge in [-0.05, 0) is 12.1 Å². The topological polar surface area (TPSA) is 39.6 Å². The van der Waals surface area contributed by atoms with Crippen LogP contribution >= 0.6 is 0 Å². The van der Waals surface area contributed by atoms with Crippen LogP contribution in [0.3, 0.4) is 0 Å². The molecule has 0 amide bonds. The van der Waals surface area contributed by atoms with E-state index in [4.69, 9.17) is 4.98 Å². The van der Waals surface area contributed by atoms with E-state index in [0.717, 1.165) is 37.4 Å². The molecule has 1 aromatic carbocycles. The number of hydrogen-bond acceptors (Lipinski definition) is 4. The Morgan fingerprint density at radius 1 is 0.957 bits per heavy atom. The summed E-state index contributed by atoms with van der Waals surface area (Å²) in [6, 6.07) is 12.7. The van der Waals surface area contributed by atoms with Crippen LogP contribution in [0.1, 0.15) is 25.7 Å². The SMILES string of the molecule is CC12CN3CC(C)(CN(C1)C3c1ccc3ccccc3n1)C2O. The van der Waals surface area contributed by atoms with Crippen molar-refractivity contribution in [1.82, 2.24) is 14.8 Å². The van der Waals surface area contributed by atoms with Crippen LogP contribution in [0.2, 0.25) is 0 Å². The number of nitrogens with zero attached hydrogens (tertiary/aromatic N) is 3. The first-order valence-electron chi connectivity index (χ1n) is 8.50. The largest absolute Gasteiger partial charge is 0.392 e. The number of piperidine rings is 2. The smallest absolute Gasteiger partial charge is 0.106 e. The molecule has 0 aliphatic carbocycles. The molecule has 0 radical (unpaired) electrons. The van der Waals surface area contributed by atoms with Gasteiger partial charge in [-0.2, -0.15) is 0 Å². The molecule has 2 aromatic rings. The predicted octanol–water partition coefficient (Wildman–Crippen LogP) is 2.25. The summed E-state index contributed by atoms with van der Waals surface area (Å²) in [5.41, 5.74) is 2.18. The van der Waals surface area contributed by atoms with Crippen molar-refractivity contribution < 1.29 is 5.11 Å². The summed E-state index contributed by atoms with van der Waals surface area (Å²) in [7, 11) is 0. The van der Waals surface area contributed by atoms with Gasteiger partial charge in [0.25, 0.3) is 0 Å². The Kier molecular flexibility index (Phi) is 2.61. The molecule has 4 bridgehead atoms. The van der Waals surface area contributed by atoms with Crippen molar-refractivity contribution in [2.24, 2.45) is 10.8 Å². The molecule has 4 aliphatic rings. The zero-order valence-electron chi connectivity index (χ0n) is 13.7. The van der Waals surface area contributed by atoms with Crippen molar-refractivity contribution in [3.05, 3.63) is 42.1 Å². The molecule has 0 atom stereocenters. The first kappa shape index (κ1) is 13.9. The molecular weight excluding hydrogens is 286 g/mol.